The first-order chi connectivity index (χ1) is 7.49. The van der Waals surface area contributed by atoms with E-state index in [0.29, 0.717) is 11.1 Å². The number of aliphatic hydroxyl groups is 1. The normalized spacial score (nSPS) is 24.9. The number of allylic oxidation sites excluding steroid dienone is 2. The molecule has 0 spiro atoms. The molecule has 1 aliphatic rings. The van der Waals surface area contributed by atoms with Crippen LogP contribution in [-0.2, 0) is 0 Å². The van der Waals surface area contributed by atoms with Crippen LogP contribution in [0, 0.1) is 5.82 Å². The average Bonchev–Trinajstić information content (AvgIpc) is 2.23. The molecule has 1 atom stereocenters. The van der Waals surface area contributed by atoms with Crippen LogP contribution in [0.15, 0.2) is 42.2 Å². The Bertz CT molecular complexity index is 460. The summed E-state index contributed by atoms with van der Waals surface area (Å²) in [7, 11) is 0. The Balaban J connectivity index is 2.34. The van der Waals surface area contributed by atoms with E-state index in [9.17, 15) is 13.9 Å². The van der Waals surface area contributed by atoms with Gasteiger partial charge in [-0.2, -0.15) is 0 Å². The topological polar surface area (TPSA) is 46.2 Å². The zero-order valence-corrected chi connectivity index (χ0v) is 8.45. The van der Waals surface area contributed by atoms with Crippen LogP contribution in [0.1, 0.15) is 12.0 Å². The minimum Gasteiger partial charge on any atom is -0.507 e. The van der Waals surface area contributed by atoms with Crippen LogP contribution in [0.3, 0.4) is 0 Å². The summed E-state index contributed by atoms with van der Waals surface area (Å²) in [5, 5.41) is 9.20. The molecule has 2 rings (SSSR count). The number of nitrogens with two attached hydrogens (primary N) is 1. The van der Waals surface area contributed by atoms with Crippen molar-refractivity contribution in [2.24, 2.45) is 5.73 Å². The van der Waals surface area contributed by atoms with E-state index in [2.05, 4.69) is 0 Å². The van der Waals surface area contributed by atoms with Gasteiger partial charge in [0.1, 0.15) is 11.6 Å². The second-order valence-corrected chi connectivity index (χ2v) is 3.79. The third-order valence-corrected chi connectivity index (χ3v) is 2.53. The highest BCUT2D eigenvalue weighted by atomic mass is 19.1. The molecule has 0 heterocycles. The summed E-state index contributed by atoms with van der Waals surface area (Å²) in [6, 6.07) is 5.69. The fraction of sp³-hybridized carbons (Fsp3) is 0.167. The maximum absolute atomic E-state index is 13.6. The van der Waals surface area contributed by atoms with Gasteiger partial charge >= 0.3 is 0 Å². The van der Waals surface area contributed by atoms with Gasteiger partial charge < -0.3 is 5.11 Å². The number of aliphatic hydroxyl groups excluding tert-OH is 1. The van der Waals surface area contributed by atoms with Crippen molar-refractivity contribution in [2.45, 2.75) is 12.2 Å². The summed E-state index contributed by atoms with van der Waals surface area (Å²) in [4.78, 5) is 0. The molecular formula is C12H11F2NO. The van der Waals surface area contributed by atoms with E-state index in [1.54, 1.807) is 18.2 Å². The largest absolute Gasteiger partial charge is 0.507 e. The lowest BCUT2D eigenvalue weighted by Gasteiger charge is -2.24. The quantitative estimate of drug-likeness (QED) is 0.719. The van der Waals surface area contributed by atoms with Crippen molar-refractivity contribution in [3.05, 3.63) is 53.6 Å². The summed E-state index contributed by atoms with van der Waals surface area (Å²) in [5.41, 5.74) is 6.60. The molecule has 1 aliphatic carbocycles. The van der Waals surface area contributed by atoms with E-state index in [1.165, 1.54) is 18.2 Å². The van der Waals surface area contributed by atoms with Crippen LogP contribution in [0.5, 0.6) is 0 Å². The van der Waals surface area contributed by atoms with Crippen LogP contribution < -0.4 is 5.73 Å². The molecule has 0 radical (unpaired) electrons. The summed E-state index contributed by atoms with van der Waals surface area (Å²) >= 11 is 0. The number of benzene rings is 1. The van der Waals surface area contributed by atoms with Gasteiger partial charge in [0.2, 0.25) is 5.79 Å². The molecule has 84 valence electrons. The van der Waals surface area contributed by atoms with Gasteiger partial charge in [-0.1, -0.05) is 18.2 Å². The Morgan fingerprint density at radius 1 is 1.19 bits per heavy atom. The number of halogens is 2. The minimum absolute atomic E-state index is 0.124. The standard InChI is InChI=1S/C12H11F2NO/c13-10-4-1-8(2-5-10)9-3-6-11(16)12(14,15)7-9/h1-6,16H,7,15H2. The molecule has 0 bridgehead atoms. The Morgan fingerprint density at radius 3 is 2.38 bits per heavy atom. The van der Waals surface area contributed by atoms with Gasteiger partial charge in [0.25, 0.3) is 0 Å². The second-order valence-electron chi connectivity index (χ2n) is 3.79. The minimum atomic E-state index is -2.24. The van der Waals surface area contributed by atoms with Crippen LogP contribution in [0.2, 0.25) is 0 Å². The number of hydrogen-bond acceptors (Lipinski definition) is 2. The molecular weight excluding hydrogens is 212 g/mol. The van der Waals surface area contributed by atoms with Crippen LogP contribution >= 0.6 is 0 Å². The van der Waals surface area contributed by atoms with Crippen molar-refractivity contribution in [1.29, 1.82) is 0 Å². The van der Waals surface area contributed by atoms with Crippen molar-refractivity contribution >= 4 is 5.57 Å². The van der Waals surface area contributed by atoms with E-state index in [-0.39, 0.29) is 12.2 Å². The molecule has 2 nitrogen and oxygen atoms in total. The molecule has 0 amide bonds. The molecule has 3 N–H and O–H groups in total. The smallest absolute Gasteiger partial charge is 0.220 e. The van der Waals surface area contributed by atoms with Gasteiger partial charge in [0.05, 0.1) is 0 Å². The fourth-order valence-electron chi connectivity index (χ4n) is 1.61. The lowest BCUT2D eigenvalue weighted by molar-refractivity contribution is 0.149. The SMILES string of the molecule is NC1(F)CC(c2ccc(F)cc2)=CC=C1O. The lowest BCUT2D eigenvalue weighted by Crippen LogP contribution is -2.38. The van der Waals surface area contributed by atoms with Crippen LogP contribution in [0.25, 0.3) is 5.57 Å². The Morgan fingerprint density at radius 2 is 1.81 bits per heavy atom. The van der Waals surface area contributed by atoms with Crippen molar-refractivity contribution in [2.75, 3.05) is 0 Å². The van der Waals surface area contributed by atoms with Crippen molar-refractivity contribution in [3.63, 3.8) is 0 Å². The molecule has 0 fully saturated rings. The fourth-order valence-corrected chi connectivity index (χ4v) is 1.61. The van der Waals surface area contributed by atoms with Gasteiger partial charge in [0.15, 0.2) is 0 Å². The highest BCUT2D eigenvalue weighted by Crippen LogP contribution is 2.32. The van der Waals surface area contributed by atoms with E-state index in [0.717, 1.165) is 0 Å². The van der Waals surface area contributed by atoms with Crippen molar-refractivity contribution in [1.82, 2.24) is 0 Å². The van der Waals surface area contributed by atoms with E-state index >= 15 is 0 Å². The number of rotatable bonds is 1. The van der Waals surface area contributed by atoms with E-state index in [4.69, 9.17) is 5.73 Å². The third-order valence-electron chi connectivity index (χ3n) is 2.53. The highest BCUT2D eigenvalue weighted by molar-refractivity contribution is 5.69. The predicted octanol–water partition coefficient (Wildman–Crippen LogP) is 2.68. The van der Waals surface area contributed by atoms with Gasteiger partial charge in [-0.05, 0) is 29.3 Å². The lowest BCUT2D eigenvalue weighted by atomic mass is 9.92. The van der Waals surface area contributed by atoms with Crippen LogP contribution in [0.4, 0.5) is 8.78 Å². The van der Waals surface area contributed by atoms with E-state index in [1.807, 2.05) is 0 Å². The number of hydrogen-bond donors (Lipinski definition) is 2. The zero-order chi connectivity index (χ0) is 11.8. The van der Waals surface area contributed by atoms with Gasteiger partial charge in [-0.3, -0.25) is 5.73 Å². The summed E-state index contributed by atoms with van der Waals surface area (Å²) in [5.74, 6) is -3.07. The third kappa shape index (κ3) is 1.97. The maximum Gasteiger partial charge on any atom is 0.220 e. The van der Waals surface area contributed by atoms with Crippen molar-refractivity contribution in [3.8, 4) is 0 Å². The maximum atomic E-state index is 13.6. The van der Waals surface area contributed by atoms with Gasteiger partial charge in [0, 0.05) is 6.42 Å². The second kappa shape index (κ2) is 3.72. The predicted molar refractivity (Wildman–Crippen MR) is 57.7 cm³/mol. The molecule has 1 aromatic carbocycles. The first kappa shape index (κ1) is 10.8. The zero-order valence-electron chi connectivity index (χ0n) is 8.45. The molecule has 1 aromatic rings. The van der Waals surface area contributed by atoms with E-state index < -0.39 is 11.6 Å². The molecule has 0 saturated heterocycles. The molecule has 0 saturated carbocycles. The van der Waals surface area contributed by atoms with Crippen molar-refractivity contribution < 1.29 is 13.9 Å². The molecule has 0 aromatic heterocycles. The summed E-state index contributed by atoms with van der Waals surface area (Å²) in [6.45, 7) is 0. The monoisotopic (exact) mass is 223 g/mol. The van der Waals surface area contributed by atoms with Crippen LogP contribution in [-0.4, -0.2) is 10.9 Å². The Labute approximate surface area is 91.7 Å². The van der Waals surface area contributed by atoms with Gasteiger partial charge in [-0.15, -0.1) is 0 Å². The highest BCUT2D eigenvalue weighted by Gasteiger charge is 2.33. The molecule has 1 unspecified atom stereocenters. The Hall–Kier alpha value is -1.68. The Kier molecular flexibility index (Phi) is 2.52. The summed E-state index contributed by atoms with van der Waals surface area (Å²) in [6.07, 6.45) is 2.68. The molecule has 4 heteroatoms. The van der Waals surface area contributed by atoms with Gasteiger partial charge in [-0.25, -0.2) is 8.78 Å². The average molecular weight is 223 g/mol. The first-order valence-electron chi connectivity index (χ1n) is 4.83. The molecule has 16 heavy (non-hydrogen) atoms. The molecule has 0 aliphatic heterocycles. The first-order valence-corrected chi connectivity index (χ1v) is 4.83. The summed E-state index contributed by atoms with van der Waals surface area (Å²) < 4.78 is 26.3. The number of alkyl halides is 1.